The first kappa shape index (κ1) is 10.8. The average Bonchev–Trinajstić information content (AvgIpc) is 2.09. The highest BCUT2D eigenvalue weighted by atomic mass is 16.3. The Morgan fingerprint density at radius 1 is 1.43 bits per heavy atom. The van der Waals surface area contributed by atoms with Gasteiger partial charge in [-0.2, -0.15) is 0 Å². The van der Waals surface area contributed by atoms with Gasteiger partial charge in [-0.15, -0.1) is 6.58 Å². The molecule has 0 atom stereocenters. The molecule has 1 N–H and O–H groups in total. The zero-order chi connectivity index (χ0) is 10.7. The topological polar surface area (TPSA) is 20.2 Å². The lowest BCUT2D eigenvalue weighted by molar-refractivity contribution is 0.467. The summed E-state index contributed by atoms with van der Waals surface area (Å²) in [6, 6.07) is 3.95. The number of hydrogen-bond donors (Lipinski definition) is 1. The predicted octanol–water partition coefficient (Wildman–Crippen LogP) is 3.55. The lowest BCUT2D eigenvalue weighted by Gasteiger charge is -2.14. The molecule has 0 saturated heterocycles. The van der Waals surface area contributed by atoms with E-state index in [1.54, 1.807) is 0 Å². The van der Waals surface area contributed by atoms with Crippen molar-refractivity contribution in [3.05, 3.63) is 41.5 Å². The molecule has 0 radical (unpaired) electrons. The van der Waals surface area contributed by atoms with Crippen molar-refractivity contribution in [3.63, 3.8) is 0 Å². The molecule has 0 unspecified atom stereocenters. The number of hydrogen-bond acceptors (Lipinski definition) is 1. The smallest absolute Gasteiger partial charge is 0.119 e. The SMILES string of the molecule is C=CCc1c(O)cc(C)cc1C(C)C. The molecule has 0 saturated carbocycles. The third-order valence-electron chi connectivity index (χ3n) is 2.38. The highest BCUT2D eigenvalue weighted by Gasteiger charge is 2.10. The van der Waals surface area contributed by atoms with Crippen LogP contribution in [0.4, 0.5) is 0 Å². The van der Waals surface area contributed by atoms with E-state index in [0.717, 1.165) is 17.5 Å². The molecule has 0 aliphatic carbocycles. The molecule has 0 amide bonds. The Morgan fingerprint density at radius 2 is 2.07 bits per heavy atom. The van der Waals surface area contributed by atoms with E-state index in [4.69, 9.17) is 0 Å². The van der Waals surface area contributed by atoms with Gasteiger partial charge in [-0.25, -0.2) is 0 Å². The van der Waals surface area contributed by atoms with Crippen molar-refractivity contribution in [2.75, 3.05) is 0 Å². The van der Waals surface area contributed by atoms with Crippen molar-refractivity contribution in [2.45, 2.75) is 33.1 Å². The fourth-order valence-corrected chi connectivity index (χ4v) is 1.71. The van der Waals surface area contributed by atoms with Crippen LogP contribution in [0.2, 0.25) is 0 Å². The normalized spacial score (nSPS) is 10.6. The van der Waals surface area contributed by atoms with Crippen LogP contribution in [0.3, 0.4) is 0 Å². The molecule has 1 nitrogen and oxygen atoms in total. The fourth-order valence-electron chi connectivity index (χ4n) is 1.71. The first-order valence-corrected chi connectivity index (χ1v) is 4.99. The molecule has 0 heterocycles. The molecule has 1 rings (SSSR count). The molecular weight excluding hydrogens is 172 g/mol. The second-order valence-corrected chi connectivity index (χ2v) is 4.00. The van der Waals surface area contributed by atoms with E-state index in [1.165, 1.54) is 5.56 Å². The maximum absolute atomic E-state index is 9.80. The van der Waals surface area contributed by atoms with Gasteiger partial charge in [0.15, 0.2) is 0 Å². The van der Waals surface area contributed by atoms with Gasteiger partial charge in [-0.1, -0.05) is 26.0 Å². The van der Waals surface area contributed by atoms with E-state index >= 15 is 0 Å². The minimum Gasteiger partial charge on any atom is -0.508 e. The summed E-state index contributed by atoms with van der Waals surface area (Å²) in [5.74, 6) is 0.837. The second kappa shape index (κ2) is 4.32. The van der Waals surface area contributed by atoms with E-state index < -0.39 is 0 Å². The van der Waals surface area contributed by atoms with Crippen LogP contribution in [0, 0.1) is 6.92 Å². The molecule has 0 aliphatic rings. The molecule has 0 spiro atoms. The number of aryl methyl sites for hydroxylation is 1. The Kier molecular flexibility index (Phi) is 3.34. The molecule has 0 bridgehead atoms. The van der Waals surface area contributed by atoms with Crippen LogP contribution in [0.1, 0.15) is 36.5 Å². The summed E-state index contributed by atoms with van der Waals surface area (Å²) in [4.78, 5) is 0. The summed E-state index contributed by atoms with van der Waals surface area (Å²) in [5.41, 5.74) is 3.35. The highest BCUT2D eigenvalue weighted by Crippen LogP contribution is 2.29. The van der Waals surface area contributed by atoms with Gasteiger partial charge in [0.1, 0.15) is 5.75 Å². The first-order chi connectivity index (χ1) is 6.56. The van der Waals surface area contributed by atoms with Crippen LogP contribution < -0.4 is 0 Å². The van der Waals surface area contributed by atoms with E-state index in [1.807, 2.05) is 19.1 Å². The predicted molar refractivity (Wildman–Crippen MR) is 60.8 cm³/mol. The van der Waals surface area contributed by atoms with Crippen LogP contribution in [-0.4, -0.2) is 5.11 Å². The number of phenols is 1. The monoisotopic (exact) mass is 190 g/mol. The Balaban J connectivity index is 3.28. The highest BCUT2D eigenvalue weighted by molar-refractivity contribution is 5.45. The zero-order valence-corrected chi connectivity index (χ0v) is 9.17. The number of rotatable bonds is 3. The van der Waals surface area contributed by atoms with Crippen molar-refractivity contribution in [2.24, 2.45) is 0 Å². The van der Waals surface area contributed by atoms with E-state index in [9.17, 15) is 5.11 Å². The summed E-state index contributed by atoms with van der Waals surface area (Å²) in [5, 5.41) is 9.80. The van der Waals surface area contributed by atoms with Gasteiger partial charge in [0, 0.05) is 5.56 Å². The average molecular weight is 190 g/mol. The third kappa shape index (κ3) is 2.16. The summed E-state index contributed by atoms with van der Waals surface area (Å²) in [6.07, 6.45) is 2.57. The van der Waals surface area contributed by atoms with Crippen molar-refractivity contribution >= 4 is 0 Å². The van der Waals surface area contributed by atoms with Crippen molar-refractivity contribution in [1.29, 1.82) is 0 Å². The van der Waals surface area contributed by atoms with Crippen LogP contribution in [0.5, 0.6) is 5.75 Å². The molecule has 0 aliphatic heterocycles. The number of allylic oxidation sites excluding steroid dienone is 1. The molecule has 14 heavy (non-hydrogen) atoms. The largest absolute Gasteiger partial charge is 0.508 e. The van der Waals surface area contributed by atoms with Gasteiger partial charge >= 0.3 is 0 Å². The first-order valence-electron chi connectivity index (χ1n) is 4.99. The van der Waals surface area contributed by atoms with E-state index in [0.29, 0.717) is 11.7 Å². The maximum Gasteiger partial charge on any atom is 0.119 e. The van der Waals surface area contributed by atoms with Gasteiger partial charge < -0.3 is 5.11 Å². The maximum atomic E-state index is 9.80. The molecular formula is C13H18O. The molecule has 1 aromatic carbocycles. The number of benzene rings is 1. The Morgan fingerprint density at radius 3 is 2.57 bits per heavy atom. The molecule has 76 valence electrons. The van der Waals surface area contributed by atoms with Gasteiger partial charge in [-0.3, -0.25) is 0 Å². The third-order valence-corrected chi connectivity index (χ3v) is 2.38. The van der Waals surface area contributed by atoms with Crippen LogP contribution in [0.25, 0.3) is 0 Å². The number of phenolic OH excluding ortho intramolecular Hbond substituents is 1. The van der Waals surface area contributed by atoms with Gasteiger partial charge in [0.2, 0.25) is 0 Å². The number of aromatic hydroxyl groups is 1. The lowest BCUT2D eigenvalue weighted by Crippen LogP contribution is -1.97. The van der Waals surface area contributed by atoms with Crippen LogP contribution >= 0.6 is 0 Å². The fraction of sp³-hybridized carbons (Fsp3) is 0.385. The zero-order valence-electron chi connectivity index (χ0n) is 9.17. The summed E-state index contributed by atoms with van der Waals surface area (Å²) in [7, 11) is 0. The standard InChI is InChI=1S/C13H18O/c1-5-6-11-12(9(2)3)7-10(4)8-13(11)14/h5,7-9,14H,1,6H2,2-4H3. The van der Waals surface area contributed by atoms with Crippen LogP contribution in [-0.2, 0) is 6.42 Å². The molecule has 0 aromatic heterocycles. The van der Waals surface area contributed by atoms with E-state index in [2.05, 4.69) is 26.5 Å². The minimum absolute atomic E-state index is 0.397. The molecule has 1 aromatic rings. The molecule has 1 heteroatoms. The van der Waals surface area contributed by atoms with Gasteiger partial charge in [0.05, 0.1) is 0 Å². The van der Waals surface area contributed by atoms with Crippen molar-refractivity contribution in [3.8, 4) is 5.75 Å². The molecule has 0 fully saturated rings. The summed E-state index contributed by atoms with van der Waals surface area (Å²) < 4.78 is 0. The quantitative estimate of drug-likeness (QED) is 0.723. The Bertz CT molecular complexity index is 337. The Labute approximate surface area is 86.1 Å². The minimum atomic E-state index is 0.397. The summed E-state index contributed by atoms with van der Waals surface area (Å²) in [6.45, 7) is 9.99. The van der Waals surface area contributed by atoms with Crippen molar-refractivity contribution in [1.82, 2.24) is 0 Å². The van der Waals surface area contributed by atoms with Gasteiger partial charge in [0.25, 0.3) is 0 Å². The summed E-state index contributed by atoms with van der Waals surface area (Å²) >= 11 is 0. The van der Waals surface area contributed by atoms with Crippen molar-refractivity contribution < 1.29 is 5.11 Å². The second-order valence-electron chi connectivity index (χ2n) is 4.00. The van der Waals surface area contributed by atoms with E-state index in [-0.39, 0.29) is 0 Å². The van der Waals surface area contributed by atoms with Crippen LogP contribution in [0.15, 0.2) is 24.8 Å². The van der Waals surface area contributed by atoms with Gasteiger partial charge in [-0.05, 0) is 36.5 Å². The lowest BCUT2D eigenvalue weighted by atomic mass is 9.93. The Hall–Kier alpha value is -1.24.